The van der Waals surface area contributed by atoms with Gasteiger partial charge in [-0.1, -0.05) is 77.8 Å². The molecule has 0 aliphatic heterocycles. The summed E-state index contributed by atoms with van der Waals surface area (Å²) in [7, 11) is 1.61. The Morgan fingerprint density at radius 3 is 2.28 bits per heavy atom. The second kappa shape index (κ2) is 11.0. The highest BCUT2D eigenvalue weighted by atomic mass is 35.5. The predicted molar refractivity (Wildman–Crippen MR) is 130 cm³/mol. The van der Waals surface area contributed by atoms with Gasteiger partial charge < -0.3 is 10.2 Å². The van der Waals surface area contributed by atoms with E-state index in [0.717, 1.165) is 27.8 Å². The minimum atomic E-state index is -0.629. The lowest BCUT2D eigenvalue weighted by molar-refractivity contribution is -0.140. The highest BCUT2D eigenvalue weighted by molar-refractivity contribution is 6.30. The van der Waals surface area contributed by atoms with Crippen LogP contribution in [0, 0.1) is 13.8 Å². The van der Waals surface area contributed by atoms with E-state index in [1.54, 1.807) is 24.1 Å². The number of hydrogen-bond donors (Lipinski definition) is 1. The monoisotopic (exact) mass is 448 g/mol. The molecule has 0 aliphatic carbocycles. The average molecular weight is 449 g/mol. The Morgan fingerprint density at radius 2 is 1.62 bits per heavy atom. The minimum Gasteiger partial charge on any atom is -0.357 e. The second-order valence-corrected chi connectivity index (χ2v) is 8.51. The number of nitrogens with one attached hydrogen (secondary N) is 1. The maximum atomic E-state index is 13.6. The van der Waals surface area contributed by atoms with Crippen LogP contribution in [0.4, 0.5) is 0 Å². The Kier molecular flexibility index (Phi) is 8.07. The fourth-order valence-electron chi connectivity index (χ4n) is 3.76. The van der Waals surface area contributed by atoms with E-state index in [1.165, 1.54) is 0 Å². The molecule has 0 radical (unpaired) electrons. The molecular formula is C27H29ClN2O2. The zero-order valence-corrected chi connectivity index (χ0v) is 19.5. The van der Waals surface area contributed by atoms with Crippen molar-refractivity contribution in [1.82, 2.24) is 10.2 Å². The zero-order valence-electron chi connectivity index (χ0n) is 18.8. The maximum Gasteiger partial charge on any atom is 0.242 e. The van der Waals surface area contributed by atoms with Crippen molar-refractivity contribution in [2.45, 2.75) is 39.3 Å². The number of nitrogens with zero attached hydrogens (tertiary/aromatic N) is 1. The van der Waals surface area contributed by atoms with E-state index in [0.29, 0.717) is 18.0 Å². The molecule has 0 saturated heterocycles. The van der Waals surface area contributed by atoms with Crippen LogP contribution in [-0.2, 0) is 29.0 Å². The molecule has 166 valence electrons. The quantitative estimate of drug-likeness (QED) is 0.533. The number of likely N-dealkylation sites (N-methyl/N-ethyl adjacent to an activating group) is 1. The number of rotatable bonds is 8. The molecule has 1 atom stereocenters. The van der Waals surface area contributed by atoms with Crippen LogP contribution in [0.25, 0.3) is 0 Å². The van der Waals surface area contributed by atoms with E-state index >= 15 is 0 Å². The van der Waals surface area contributed by atoms with Gasteiger partial charge in [0.1, 0.15) is 6.04 Å². The smallest absolute Gasteiger partial charge is 0.242 e. The third-order valence-corrected chi connectivity index (χ3v) is 5.88. The van der Waals surface area contributed by atoms with Crippen molar-refractivity contribution in [2.24, 2.45) is 0 Å². The summed E-state index contributed by atoms with van der Waals surface area (Å²) in [5, 5.41) is 3.38. The van der Waals surface area contributed by atoms with E-state index in [1.807, 2.05) is 74.5 Å². The highest BCUT2D eigenvalue weighted by Crippen LogP contribution is 2.19. The molecule has 1 N–H and O–H groups in total. The van der Waals surface area contributed by atoms with E-state index in [2.05, 4.69) is 5.32 Å². The van der Waals surface area contributed by atoms with Crippen molar-refractivity contribution >= 4 is 23.4 Å². The summed E-state index contributed by atoms with van der Waals surface area (Å²) in [6, 6.07) is 22.7. The van der Waals surface area contributed by atoms with E-state index in [4.69, 9.17) is 11.6 Å². The summed E-state index contributed by atoms with van der Waals surface area (Å²) in [6.07, 6.45) is 0.677. The van der Waals surface area contributed by atoms with Gasteiger partial charge in [-0.05, 0) is 48.2 Å². The zero-order chi connectivity index (χ0) is 23.1. The molecular weight excluding hydrogens is 420 g/mol. The van der Waals surface area contributed by atoms with Gasteiger partial charge in [-0.15, -0.1) is 0 Å². The lowest BCUT2D eigenvalue weighted by Crippen LogP contribution is -2.50. The molecule has 0 unspecified atom stereocenters. The molecule has 3 rings (SSSR count). The third kappa shape index (κ3) is 6.21. The Hall–Kier alpha value is -3.11. The molecule has 0 fully saturated rings. The molecule has 0 aliphatic rings. The van der Waals surface area contributed by atoms with Crippen molar-refractivity contribution in [1.29, 1.82) is 0 Å². The molecule has 5 heteroatoms. The van der Waals surface area contributed by atoms with Gasteiger partial charge in [-0.2, -0.15) is 0 Å². The topological polar surface area (TPSA) is 49.4 Å². The molecule has 32 heavy (non-hydrogen) atoms. The standard InChI is InChI=1S/C27H29ClN2O2/c1-19-9-10-20(2)23(15-19)17-26(31)30(18-22-11-13-24(28)14-12-22)25(27(32)29-3)16-21-7-5-4-6-8-21/h4-15,25H,16-18H2,1-3H3,(H,29,32)/t25-/m0/s1. The van der Waals surface area contributed by atoms with Crippen LogP contribution in [0.3, 0.4) is 0 Å². The first-order valence-electron chi connectivity index (χ1n) is 10.7. The van der Waals surface area contributed by atoms with Crippen LogP contribution in [-0.4, -0.2) is 29.8 Å². The Balaban J connectivity index is 1.96. The van der Waals surface area contributed by atoms with Crippen molar-refractivity contribution < 1.29 is 9.59 Å². The van der Waals surface area contributed by atoms with E-state index < -0.39 is 6.04 Å². The molecule has 0 aromatic heterocycles. The van der Waals surface area contributed by atoms with Gasteiger partial charge in [-0.25, -0.2) is 0 Å². The van der Waals surface area contributed by atoms with Crippen LogP contribution >= 0.6 is 11.6 Å². The molecule has 3 aromatic carbocycles. The van der Waals surface area contributed by atoms with Crippen molar-refractivity contribution in [3.05, 3.63) is 106 Å². The van der Waals surface area contributed by atoms with E-state index in [-0.39, 0.29) is 18.2 Å². The van der Waals surface area contributed by atoms with Crippen LogP contribution < -0.4 is 5.32 Å². The average Bonchev–Trinajstić information content (AvgIpc) is 2.80. The Bertz CT molecular complexity index is 1060. The van der Waals surface area contributed by atoms with Gasteiger partial charge >= 0.3 is 0 Å². The summed E-state index contributed by atoms with van der Waals surface area (Å²) in [4.78, 5) is 28.3. The van der Waals surface area contributed by atoms with Crippen molar-refractivity contribution in [2.75, 3.05) is 7.05 Å². The predicted octanol–water partition coefficient (Wildman–Crippen LogP) is 4.89. The van der Waals surface area contributed by atoms with Crippen LogP contribution in [0.2, 0.25) is 5.02 Å². The van der Waals surface area contributed by atoms with Gasteiger partial charge in [0, 0.05) is 25.0 Å². The Morgan fingerprint density at radius 1 is 0.938 bits per heavy atom. The first kappa shape index (κ1) is 23.6. The first-order chi connectivity index (χ1) is 15.4. The number of carbonyl (C=O) groups excluding carboxylic acids is 2. The van der Waals surface area contributed by atoms with Crippen LogP contribution in [0.1, 0.15) is 27.8 Å². The summed E-state index contributed by atoms with van der Waals surface area (Å²) >= 11 is 6.05. The highest BCUT2D eigenvalue weighted by Gasteiger charge is 2.30. The fraction of sp³-hybridized carbons (Fsp3) is 0.259. The van der Waals surface area contributed by atoms with Gasteiger partial charge in [-0.3, -0.25) is 9.59 Å². The SMILES string of the molecule is CNC(=O)[C@H](Cc1ccccc1)N(Cc1ccc(Cl)cc1)C(=O)Cc1cc(C)ccc1C. The minimum absolute atomic E-state index is 0.0850. The normalized spacial score (nSPS) is 11.6. The second-order valence-electron chi connectivity index (χ2n) is 8.07. The van der Waals surface area contributed by atoms with Gasteiger partial charge in [0.25, 0.3) is 0 Å². The number of hydrogen-bond acceptors (Lipinski definition) is 2. The number of carbonyl (C=O) groups is 2. The van der Waals surface area contributed by atoms with Crippen molar-refractivity contribution in [3.8, 4) is 0 Å². The van der Waals surface area contributed by atoms with Gasteiger partial charge in [0.2, 0.25) is 11.8 Å². The number of benzene rings is 3. The summed E-state index contributed by atoms with van der Waals surface area (Å²) in [5.74, 6) is -0.268. The molecule has 0 bridgehead atoms. The van der Waals surface area contributed by atoms with E-state index in [9.17, 15) is 9.59 Å². The summed E-state index contributed by atoms with van der Waals surface area (Å²) in [6.45, 7) is 4.35. The van der Waals surface area contributed by atoms with Crippen molar-refractivity contribution in [3.63, 3.8) is 0 Å². The molecule has 2 amide bonds. The van der Waals surface area contributed by atoms with Crippen LogP contribution in [0.5, 0.6) is 0 Å². The van der Waals surface area contributed by atoms with Crippen LogP contribution in [0.15, 0.2) is 72.8 Å². The first-order valence-corrected chi connectivity index (χ1v) is 11.1. The number of amides is 2. The number of halogens is 1. The molecule has 0 heterocycles. The molecule has 0 saturated carbocycles. The molecule has 0 spiro atoms. The third-order valence-electron chi connectivity index (χ3n) is 5.63. The summed E-state index contributed by atoms with van der Waals surface area (Å²) in [5.41, 5.74) is 5.07. The number of aryl methyl sites for hydroxylation is 2. The molecule has 4 nitrogen and oxygen atoms in total. The lowest BCUT2D eigenvalue weighted by atomic mass is 9.99. The van der Waals surface area contributed by atoms with Gasteiger partial charge in [0.05, 0.1) is 6.42 Å². The lowest BCUT2D eigenvalue weighted by Gasteiger charge is -2.31. The fourth-order valence-corrected chi connectivity index (χ4v) is 3.89. The summed E-state index contributed by atoms with van der Waals surface area (Å²) < 4.78 is 0. The van der Waals surface area contributed by atoms with Gasteiger partial charge in [0.15, 0.2) is 0 Å². The molecule has 3 aromatic rings. The maximum absolute atomic E-state index is 13.6. The largest absolute Gasteiger partial charge is 0.357 e. The Labute approximate surface area is 195 Å².